The predicted molar refractivity (Wildman–Crippen MR) is 89.7 cm³/mol. The van der Waals surface area contributed by atoms with Gasteiger partial charge in [-0.1, -0.05) is 0 Å². The molecular formula is C16H23N7O. The van der Waals surface area contributed by atoms with Gasteiger partial charge in [0.25, 0.3) is 0 Å². The molecule has 8 heteroatoms. The first-order valence-electron chi connectivity index (χ1n) is 8.17. The van der Waals surface area contributed by atoms with Crippen LogP contribution in [0.25, 0.3) is 0 Å². The molecule has 0 bridgehead atoms. The summed E-state index contributed by atoms with van der Waals surface area (Å²) in [4.78, 5) is 21.1. The van der Waals surface area contributed by atoms with Crippen molar-refractivity contribution in [3.63, 3.8) is 0 Å². The molecule has 8 nitrogen and oxygen atoms in total. The van der Waals surface area contributed by atoms with Crippen molar-refractivity contribution >= 4 is 11.6 Å². The van der Waals surface area contributed by atoms with Crippen LogP contribution >= 0.6 is 0 Å². The van der Waals surface area contributed by atoms with Gasteiger partial charge in [-0.25, -0.2) is 4.68 Å². The zero-order chi connectivity index (χ0) is 17.1. The van der Waals surface area contributed by atoms with Gasteiger partial charge in [0, 0.05) is 56.6 Å². The number of aryl methyl sites for hydroxylation is 2. The van der Waals surface area contributed by atoms with E-state index in [4.69, 9.17) is 0 Å². The quantitative estimate of drug-likeness (QED) is 0.809. The maximum absolute atomic E-state index is 12.4. The summed E-state index contributed by atoms with van der Waals surface area (Å²) in [7, 11) is 4.06. The number of hydrogen-bond acceptors (Lipinski definition) is 6. The second-order valence-corrected chi connectivity index (χ2v) is 6.43. The Hall–Kier alpha value is -2.51. The van der Waals surface area contributed by atoms with Gasteiger partial charge in [0.15, 0.2) is 0 Å². The molecule has 0 spiro atoms. The molecule has 2 aromatic heterocycles. The van der Waals surface area contributed by atoms with E-state index in [1.807, 2.05) is 25.9 Å². The van der Waals surface area contributed by atoms with Crippen LogP contribution in [0.3, 0.4) is 0 Å². The molecule has 3 rings (SSSR count). The average molecular weight is 329 g/mol. The SMILES string of the molecule is Cc1cc(N(C)C)cc([C@H]2CCN(C(=O)CCn3cnnn3)C2)n1. The smallest absolute Gasteiger partial charge is 0.224 e. The Balaban J connectivity index is 1.61. The van der Waals surface area contributed by atoms with Crippen molar-refractivity contribution in [3.05, 3.63) is 29.8 Å². The van der Waals surface area contributed by atoms with E-state index in [-0.39, 0.29) is 5.91 Å². The second kappa shape index (κ2) is 6.94. The molecule has 0 saturated carbocycles. The summed E-state index contributed by atoms with van der Waals surface area (Å²) in [6.07, 6.45) is 2.90. The molecule has 1 saturated heterocycles. The molecule has 1 aliphatic rings. The van der Waals surface area contributed by atoms with E-state index in [0.29, 0.717) is 18.9 Å². The van der Waals surface area contributed by atoms with E-state index in [1.165, 1.54) is 6.33 Å². The molecule has 2 aromatic rings. The standard InChI is InChI=1S/C16H23N7O/c1-12-8-14(21(2)3)9-15(18-12)13-4-6-22(10-13)16(24)5-7-23-11-17-19-20-23/h8-9,11,13H,4-7,10H2,1-3H3/t13-/m0/s1. The van der Waals surface area contributed by atoms with Crippen molar-refractivity contribution in [2.75, 3.05) is 32.1 Å². The maximum Gasteiger partial charge on any atom is 0.224 e. The second-order valence-electron chi connectivity index (χ2n) is 6.43. The number of carbonyl (C=O) groups excluding carboxylic acids is 1. The Kier molecular flexibility index (Phi) is 4.73. The first-order chi connectivity index (χ1) is 11.5. The summed E-state index contributed by atoms with van der Waals surface area (Å²) in [5.41, 5.74) is 3.25. The van der Waals surface area contributed by atoms with Gasteiger partial charge in [-0.05, 0) is 35.9 Å². The molecule has 0 unspecified atom stereocenters. The van der Waals surface area contributed by atoms with Crippen LogP contribution in [-0.4, -0.2) is 63.2 Å². The van der Waals surface area contributed by atoms with Crippen LogP contribution in [0, 0.1) is 6.92 Å². The van der Waals surface area contributed by atoms with Gasteiger partial charge < -0.3 is 9.80 Å². The van der Waals surface area contributed by atoms with Gasteiger partial charge in [0.1, 0.15) is 6.33 Å². The highest BCUT2D eigenvalue weighted by Gasteiger charge is 2.28. The molecule has 1 fully saturated rings. The Labute approximate surface area is 141 Å². The number of pyridine rings is 1. The van der Waals surface area contributed by atoms with E-state index in [2.05, 4.69) is 37.5 Å². The van der Waals surface area contributed by atoms with Crippen LogP contribution < -0.4 is 4.90 Å². The third kappa shape index (κ3) is 3.69. The Morgan fingerprint density at radius 3 is 2.92 bits per heavy atom. The van der Waals surface area contributed by atoms with Crippen LogP contribution in [0.4, 0.5) is 5.69 Å². The topological polar surface area (TPSA) is 80.0 Å². The van der Waals surface area contributed by atoms with Crippen LogP contribution in [-0.2, 0) is 11.3 Å². The highest BCUT2D eigenvalue weighted by atomic mass is 16.2. The molecular weight excluding hydrogens is 306 g/mol. The fourth-order valence-electron chi connectivity index (χ4n) is 3.02. The molecule has 24 heavy (non-hydrogen) atoms. The van der Waals surface area contributed by atoms with E-state index in [1.54, 1.807) is 4.68 Å². The minimum atomic E-state index is 0.147. The van der Waals surface area contributed by atoms with Gasteiger partial charge >= 0.3 is 0 Å². The Bertz CT molecular complexity index is 698. The number of carbonyl (C=O) groups is 1. The highest BCUT2D eigenvalue weighted by molar-refractivity contribution is 5.76. The number of tetrazole rings is 1. The molecule has 0 N–H and O–H groups in total. The molecule has 1 aliphatic heterocycles. The van der Waals surface area contributed by atoms with Gasteiger partial charge in [-0.2, -0.15) is 0 Å². The average Bonchev–Trinajstić information content (AvgIpc) is 3.23. The van der Waals surface area contributed by atoms with Crippen molar-refractivity contribution in [2.45, 2.75) is 32.2 Å². The number of hydrogen-bond donors (Lipinski definition) is 0. The zero-order valence-corrected chi connectivity index (χ0v) is 14.4. The molecule has 0 radical (unpaired) electrons. The lowest BCUT2D eigenvalue weighted by Crippen LogP contribution is -2.29. The normalized spacial score (nSPS) is 17.3. The lowest BCUT2D eigenvalue weighted by molar-refractivity contribution is -0.130. The molecule has 1 amide bonds. The monoisotopic (exact) mass is 329 g/mol. The zero-order valence-electron chi connectivity index (χ0n) is 14.4. The van der Waals surface area contributed by atoms with Crippen molar-refractivity contribution in [1.82, 2.24) is 30.1 Å². The van der Waals surface area contributed by atoms with E-state index < -0.39 is 0 Å². The number of anilines is 1. The van der Waals surface area contributed by atoms with E-state index >= 15 is 0 Å². The molecule has 0 aromatic carbocycles. The highest BCUT2D eigenvalue weighted by Crippen LogP contribution is 2.29. The summed E-state index contributed by atoms with van der Waals surface area (Å²) in [5.74, 6) is 0.453. The van der Waals surface area contributed by atoms with Gasteiger partial charge in [-0.15, -0.1) is 5.10 Å². The summed E-state index contributed by atoms with van der Waals surface area (Å²) >= 11 is 0. The fraction of sp³-hybridized carbons (Fsp3) is 0.562. The predicted octanol–water partition coefficient (Wildman–Crippen LogP) is 0.849. The lowest BCUT2D eigenvalue weighted by Gasteiger charge is -2.18. The van der Waals surface area contributed by atoms with Gasteiger partial charge in [0.05, 0.1) is 6.54 Å². The molecule has 3 heterocycles. The van der Waals surface area contributed by atoms with Gasteiger partial charge in [0.2, 0.25) is 5.91 Å². The van der Waals surface area contributed by atoms with Crippen molar-refractivity contribution < 1.29 is 4.79 Å². The Morgan fingerprint density at radius 1 is 1.38 bits per heavy atom. The largest absolute Gasteiger partial charge is 0.378 e. The summed E-state index contributed by atoms with van der Waals surface area (Å²) in [6, 6.07) is 4.21. The summed E-state index contributed by atoms with van der Waals surface area (Å²) < 4.78 is 1.58. The minimum Gasteiger partial charge on any atom is -0.378 e. The minimum absolute atomic E-state index is 0.147. The van der Waals surface area contributed by atoms with E-state index in [0.717, 1.165) is 36.6 Å². The number of amides is 1. The maximum atomic E-state index is 12.4. The number of rotatable bonds is 5. The number of aromatic nitrogens is 5. The first kappa shape index (κ1) is 16.4. The van der Waals surface area contributed by atoms with Crippen LogP contribution in [0.1, 0.15) is 30.1 Å². The summed E-state index contributed by atoms with van der Waals surface area (Å²) in [5, 5.41) is 10.9. The van der Waals surface area contributed by atoms with Crippen LogP contribution in [0.5, 0.6) is 0 Å². The first-order valence-corrected chi connectivity index (χ1v) is 8.17. The molecule has 128 valence electrons. The third-order valence-electron chi connectivity index (χ3n) is 4.38. The molecule has 1 atom stereocenters. The Morgan fingerprint density at radius 2 is 2.21 bits per heavy atom. The summed E-state index contributed by atoms with van der Waals surface area (Å²) in [6.45, 7) is 4.05. The third-order valence-corrected chi connectivity index (χ3v) is 4.38. The van der Waals surface area contributed by atoms with Gasteiger partial charge in [-0.3, -0.25) is 9.78 Å². The van der Waals surface area contributed by atoms with Crippen molar-refractivity contribution in [3.8, 4) is 0 Å². The van der Waals surface area contributed by atoms with Crippen LogP contribution in [0.2, 0.25) is 0 Å². The van der Waals surface area contributed by atoms with Crippen molar-refractivity contribution in [2.24, 2.45) is 0 Å². The molecule has 0 aliphatic carbocycles. The van der Waals surface area contributed by atoms with E-state index in [9.17, 15) is 4.79 Å². The van der Waals surface area contributed by atoms with Crippen molar-refractivity contribution in [1.29, 1.82) is 0 Å². The number of nitrogens with zero attached hydrogens (tertiary/aromatic N) is 7. The van der Waals surface area contributed by atoms with Crippen LogP contribution in [0.15, 0.2) is 18.5 Å². The fourth-order valence-corrected chi connectivity index (χ4v) is 3.02. The number of likely N-dealkylation sites (tertiary alicyclic amines) is 1. The lowest BCUT2D eigenvalue weighted by atomic mass is 10.0.